The second-order valence-electron chi connectivity index (χ2n) is 2.12. The number of anilines is 1. The number of hydrogen-bond acceptors (Lipinski definition) is 3. The highest BCUT2D eigenvalue weighted by Crippen LogP contribution is 2.15. The zero-order valence-electron chi connectivity index (χ0n) is 6.20. The summed E-state index contributed by atoms with van der Waals surface area (Å²) in [7, 11) is 0. The lowest BCUT2D eigenvalue weighted by Crippen LogP contribution is -2.02. The Morgan fingerprint density at radius 3 is 2.42 bits per heavy atom. The smallest absolute Gasteiger partial charge is 0.192 e. The van der Waals surface area contributed by atoms with Crippen molar-refractivity contribution in [2.45, 2.75) is 0 Å². The summed E-state index contributed by atoms with van der Waals surface area (Å²) in [5.74, 6) is 0. The van der Waals surface area contributed by atoms with E-state index in [9.17, 15) is 3.89 Å². The van der Waals surface area contributed by atoms with Gasteiger partial charge in [0.2, 0.25) is 0 Å². The van der Waals surface area contributed by atoms with E-state index in [1.165, 1.54) is 0 Å². The standard InChI is InChI=1S/C7H8FN3S/c8-12-7(10)11-6-3-1-5(9)2-4-6/h1-4H,9H2,(H2,10,11). The van der Waals surface area contributed by atoms with E-state index in [4.69, 9.17) is 11.5 Å². The Morgan fingerprint density at radius 1 is 1.33 bits per heavy atom. The first-order chi connectivity index (χ1) is 5.72. The zero-order chi connectivity index (χ0) is 8.97. The summed E-state index contributed by atoms with van der Waals surface area (Å²) < 4.78 is 11.8. The molecule has 0 aliphatic rings. The maximum absolute atomic E-state index is 11.8. The van der Waals surface area contributed by atoms with Gasteiger partial charge in [-0.15, -0.1) is 0 Å². The van der Waals surface area contributed by atoms with Crippen molar-refractivity contribution in [2.75, 3.05) is 5.73 Å². The lowest BCUT2D eigenvalue weighted by atomic mass is 10.3. The Bertz CT molecular complexity index is 283. The summed E-state index contributed by atoms with van der Waals surface area (Å²) in [6, 6.07) is 6.68. The molecule has 0 aliphatic carbocycles. The van der Waals surface area contributed by atoms with Crippen LogP contribution in [0.3, 0.4) is 0 Å². The molecule has 0 amide bonds. The molecule has 0 unspecified atom stereocenters. The highest BCUT2D eigenvalue weighted by atomic mass is 32.2. The quantitative estimate of drug-likeness (QED) is 0.398. The molecule has 0 saturated carbocycles. The predicted octanol–water partition coefficient (Wildman–Crippen LogP) is 1.83. The van der Waals surface area contributed by atoms with Gasteiger partial charge in [0.05, 0.1) is 5.69 Å². The molecular weight excluding hydrogens is 177 g/mol. The third kappa shape index (κ3) is 2.43. The van der Waals surface area contributed by atoms with Crippen LogP contribution >= 0.6 is 12.1 Å². The van der Waals surface area contributed by atoms with Crippen molar-refractivity contribution < 1.29 is 3.89 Å². The van der Waals surface area contributed by atoms with E-state index >= 15 is 0 Å². The first-order valence-corrected chi connectivity index (χ1v) is 3.92. The third-order valence-corrected chi connectivity index (χ3v) is 1.46. The number of nitrogens with two attached hydrogens (primary N) is 2. The SMILES string of the molecule is NC(=Nc1ccc(N)cc1)SF. The van der Waals surface area contributed by atoms with Crippen LogP contribution in [0.4, 0.5) is 15.3 Å². The highest BCUT2D eigenvalue weighted by Gasteiger charge is 1.93. The minimum atomic E-state index is -0.111. The molecule has 1 aromatic rings. The normalized spacial score (nSPS) is 11.6. The molecule has 0 heterocycles. The molecule has 0 aliphatic heterocycles. The molecule has 0 radical (unpaired) electrons. The van der Waals surface area contributed by atoms with Gasteiger partial charge in [-0.3, -0.25) is 0 Å². The van der Waals surface area contributed by atoms with Crippen LogP contribution in [0.5, 0.6) is 0 Å². The fourth-order valence-corrected chi connectivity index (χ4v) is 0.833. The highest BCUT2D eigenvalue weighted by molar-refractivity contribution is 8.09. The number of hydrogen-bond donors (Lipinski definition) is 2. The van der Waals surface area contributed by atoms with Crippen molar-refractivity contribution in [3.8, 4) is 0 Å². The van der Waals surface area contributed by atoms with Crippen molar-refractivity contribution >= 4 is 28.7 Å². The topological polar surface area (TPSA) is 64.4 Å². The van der Waals surface area contributed by atoms with Gasteiger partial charge >= 0.3 is 0 Å². The summed E-state index contributed by atoms with van der Waals surface area (Å²) in [5, 5.41) is -0.111. The molecule has 5 heteroatoms. The van der Waals surface area contributed by atoms with Gasteiger partial charge in [0.1, 0.15) is 12.1 Å². The van der Waals surface area contributed by atoms with Crippen LogP contribution < -0.4 is 11.5 Å². The van der Waals surface area contributed by atoms with Gasteiger partial charge < -0.3 is 11.5 Å². The van der Waals surface area contributed by atoms with Crippen molar-refractivity contribution in [2.24, 2.45) is 10.7 Å². The molecule has 12 heavy (non-hydrogen) atoms. The first kappa shape index (κ1) is 8.86. The number of aliphatic imine (C=N–C) groups is 1. The van der Waals surface area contributed by atoms with Gasteiger partial charge in [-0.05, 0) is 24.3 Å². The number of halogens is 1. The molecule has 0 fully saturated rings. The van der Waals surface area contributed by atoms with Gasteiger partial charge in [0.25, 0.3) is 0 Å². The van der Waals surface area contributed by atoms with Crippen LogP contribution in [-0.4, -0.2) is 5.17 Å². The third-order valence-electron chi connectivity index (χ3n) is 1.21. The second-order valence-corrected chi connectivity index (χ2v) is 2.69. The summed E-state index contributed by atoms with van der Waals surface area (Å²) in [6.45, 7) is 0. The Balaban J connectivity index is 2.84. The Kier molecular flexibility index (Phi) is 2.93. The summed E-state index contributed by atoms with van der Waals surface area (Å²) >= 11 is -0.0797. The fourth-order valence-electron chi connectivity index (χ4n) is 0.693. The van der Waals surface area contributed by atoms with E-state index < -0.39 is 0 Å². The lowest BCUT2D eigenvalue weighted by Gasteiger charge is -1.95. The first-order valence-electron chi connectivity index (χ1n) is 3.20. The van der Waals surface area contributed by atoms with E-state index in [0.717, 1.165) is 0 Å². The molecule has 0 spiro atoms. The van der Waals surface area contributed by atoms with E-state index in [1.54, 1.807) is 24.3 Å². The van der Waals surface area contributed by atoms with Crippen LogP contribution in [0.15, 0.2) is 29.3 Å². The van der Waals surface area contributed by atoms with E-state index in [1.807, 2.05) is 0 Å². The van der Waals surface area contributed by atoms with E-state index in [0.29, 0.717) is 11.4 Å². The average Bonchev–Trinajstić information content (AvgIpc) is 2.09. The minimum absolute atomic E-state index is 0.0797. The Hall–Kier alpha value is -1.23. The second kappa shape index (κ2) is 3.96. The van der Waals surface area contributed by atoms with Crippen LogP contribution in [0.2, 0.25) is 0 Å². The Morgan fingerprint density at radius 2 is 1.92 bits per heavy atom. The van der Waals surface area contributed by atoms with Gasteiger partial charge in [-0.1, -0.05) is 0 Å². The summed E-state index contributed by atoms with van der Waals surface area (Å²) in [6.07, 6.45) is 0. The molecule has 1 rings (SSSR count). The average molecular weight is 185 g/mol. The molecular formula is C7H8FN3S. The molecule has 3 nitrogen and oxygen atoms in total. The van der Waals surface area contributed by atoms with Gasteiger partial charge in [-0.25, -0.2) is 4.99 Å². The van der Waals surface area contributed by atoms with Crippen LogP contribution in [0, 0.1) is 0 Å². The van der Waals surface area contributed by atoms with Crippen LogP contribution in [0.25, 0.3) is 0 Å². The molecule has 0 atom stereocenters. The largest absolute Gasteiger partial charge is 0.399 e. The molecule has 0 aromatic heterocycles. The van der Waals surface area contributed by atoms with Crippen LogP contribution in [0.1, 0.15) is 0 Å². The lowest BCUT2D eigenvalue weighted by molar-refractivity contribution is 0.949. The van der Waals surface area contributed by atoms with Crippen molar-refractivity contribution in [3.63, 3.8) is 0 Å². The number of nitrogens with zero attached hydrogens (tertiary/aromatic N) is 1. The van der Waals surface area contributed by atoms with Crippen LogP contribution in [-0.2, 0) is 0 Å². The molecule has 4 N–H and O–H groups in total. The minimum Gasteiger partial charge on any atom is -0.399 e. The number of rotatable bonds is 1. The Labute approximate surface area is 74.0 Å². The van der Waals surface area contributed by atoms with Gasteiger partial charge in [0, 0.05) is 5.69 Å². The maximum atomic E-state index is 11.8. The van der Waals surface area contributed by atoms with E-state index in [2.05, 4.69) is 4.99 Å². The fraction of sp³-hybridized carbons (Fsp3) is 0. The molecule has 1 aromatic carbocycles. The molecule has 64 valence electrons. The summed E-state index contributed by atoms with van der Waals surface area (Å²) in [5.41, 5.74) is 11.8. The van der Waals surface area contributed by atoms with E-state index in [-0.39, 0.29) is 17.3 Å². The molecule has 0 saturated heterocycles. The van der Waals surface area contributed by atoms with Gasteiger partial charge in [-0.2, -0.15) is 3.89 Å². The van der Waals surface area contributed by atoms with Crippen molar-refractivity contribution in [3.05, 3.63) is 24.3 Å². The summed E-state index contributed by atoms with van der Waals surface area (Å²) in [4.78, 5) is 3.75. The zero-order valence-corrected chi connectivity index (χ0v) is 7.01. The predicted molar refractivity (Wildman–Crippen MR) is 50.8 cm³/mol. The number of nitrogen functional groups attached to an aromatic ring is 1. The number of amidine groups is 1. The maximum Gasteiger partial charge on any atom is 0.192 e. The van der Waals surface area contributed by atoms with Gasteiger partial charge in [0.15, 0.2) is 5.17 Å². The molecule has 0 bridgehead atoms. The van der Waals surface area contributed by atoms with Crippen molar-refractivity contribution in [1.82, 2.24) is 0 Å². The number of benzene rings is 1. The monoisotopic (exact) mass is 185 g/mol. The van der Waals surface area contributed by atoms with Crippen molar-refractivity contribution in [1.29, 1.82) is 0 Å².